The Labute approximate surface area is 173 Å². The summed E-state index contributed by atoms with van der Waals surface area (Å²) in [6.45, 7) is 0. The average molecular weight is 406 g/mol. The zero-order valence-corrected chi connectivity index (χ0v) is 16.7. The molecule has 0 bridgehead atoms. The van der Waals surface area contributed by atoms with Crippen LogP contribution in [0.5, 0.6) is 11.5 Å². The monoisotopic (exact) mass is 406 g/mol. The molecule has 0 spiro atoms. The predicted molar refractivity (Wildman–Crippen MR) is 112 cm³/mol. The predicted octanol–water partition coefficient (Wildman–Crippen LogP) is 3.49. The molecule has 0 radical (unpaired) electrons. The van der Waals surface area contributed by atoms with Crippen molar-refractivity contribution in [2.24, 2.45) is 5.92 Å². The molecule has 2 aromatic carbocycles. The van der Waals surface area contributed by atoms with E-state index >= 15 is 0 Å². The lowest BCUT2D eigenvalue weighted by Gasteiger charge is -2.11. The molecule has 1 aromatic heterocycles. The first-order chi connectivity index (χ1) is 14.6. The lowest BCUT2D eigenvalue weighted by molar-refractivity contribution is -0.117. The second kappa shape index (κ2) is 8.28. The lowest BCUT2D eigenvalue weighted by Crippen LogP contribution is -2.13. The summed E-state index contributed by atoms with van der Waals surface area (Å²) < 4.78 is 12.3. The number of ether oxygens (including phenoxy) is 2. The van der Waals surface area contributed by atoms with E-state index in [4.69, 9.17) is 9.47 Å². The van der Waals surface area contributed by atoms with Crippen LogP contribution >= 0.6 is 0 Å². The van der Waals surface area contributed by atoms with Crippen molar-refractivity contribution in [3.8, 4) is 17.2 Å². The minimum absolute atomic E-state index is 0.0161. The fourth-order valence-corrected chi connectivity index (χ4v) is 3.00. The second-order valence-electron chi connectivity index (χ2n) is 7.00. The normalized spacial score (nSPS) is 12.9. The molecule has 1 aliphatic rings. The maximum atomic E-state index is 12.6. The highest BCUT2D eigenvalue weighted by Crippen LogP contribution is 2.30. The zero-order valence-electron chi connectivity index (χ0n) is 16.7. The summed E-state index contributed by atoms with van der Waals surface area (Å²) in [5, 5.41) is 5.66. The molecule has 0 saturated heterocycles. The zero-order chi connectivity index (χ0) is 21.1. The van der Waals surface area contributed by atoms with Crippen LogP contribution in [-0.2, 0) is 4.79 Å². The SMILES string of the molecule is COc1ccc(NC(=O)c2ccc(-n3cnc(NC(=O)C4CC4)c3)cc2)cc1OC. The van der Waals surface area contributed by atoms with E-state index in [2.05, 4.69) is 15.6 Å². The Morgan fingerprint density at radius 3 is 2.40 bits per heavy atom. The van der Waals surface area contributed by atoms with Gasteiger partial charge in [0, 0.05) is 28.9 Å². The number of amides is 2. The van der Waals surface area contributed by atoms with Gasteiger partial charge in [-0.3, -0.25) is 9.59 Å². The van der Waals surface area contributed by atoms with Crippen molar-refractivity contribution in [3.05, 3.63) is 60.6 Å². The number of hydrogen-bond acceptors (Lipinski definition) is 5. The van der Waals surface area contributed by atoms with Crippen LogP contribution in [0.3, 0.4) is 0 Å². The Bertz CT molecular complexity index is 1070. The van der Waals surface area contributed by atoms with Gasteiger partial charge in [0.1, 0.15) is 6.33 Å². The van der Waals surface area contributed by atoms with E-state index < -0.39 is 0 Å². The summed E-state index contributed by atoms with van der Waals surface area (Å²) in [6.07, 6.45) is 5.26. The van der Waals surface area contributed by atoms with E-state index in [0.29, 0.717) is 28.6 Å². The molecule has 1 aliphatic carbocycles. The maximum absolute atomic E-state index is 12.6. The van der Waals surface area contributed by atoms with Crippen molar-refractivity contribution >= 4 is 23.3 Å². The van der Waals surface area contributed by atoms with Gasteiger partial charge in [0.05, 0.1) is 20.4 Å². The summed E-state index contributed by atoms with van der Waals surface area (Å²) in [5.41, 5.74) is 1.94. The molecular weight excluding hydrogens is 384 g/mol. The first-order valence-corrected chi connectivity index (χ1v) is 9.56. The van der Waals surface area contributed by atoms with Gasteiger partial charge in [0.2, 0.25) is 5.91 Å². The maximum Gasteiger partial charge on any atom is 0.255 e. The molecule has 8 heteroatoms. The van der Waals surface area contributed by atoms with Crippen LogP contribution in [0.25, 0.3) is 5.69 Å². The number of nitrogens with one attached hydrogen (secondary N) is 2. The Hall–Kier alpha value is -3.81. The number of anilines is 2. The molecule has 4 rings (SSSR count). The number of imidazole rings is 1. The third-order valence-corrected chi connectivity index (χ3v) is 4.85. The van der Waals surface area contributed by atoms with E-state index in [1.54, 1.807) is 61.6 Å². The van der Waals surface area contributed by atoms with Crippen LogP contribution in [0.1, 0.15) is 23.2 Å². The van der Waals surface area contributed by atoms with E-state index in [9.17, 15) is 9.59 Å². The minimum atomic E-state index is -0.239. The van der Waals surface area contributed by atoms with Crippen LogP contribution in [-0.4, -0.2) is 35.6 Å². The van der Waals surface area contributed by atoms with Crippen molar-refractivity contribution in [2.75, 3.05) is 24.9 Å². The quantitative estimate of drug-likeness (QED) is 0.626. The average Bonchev–Trinajstić information content (AvgIpc) is 3.53. The van der Waals surface area contributed by atoms with Crippen LogP contribution < -0.4 is 20.1 Å². The smallest absolute Gasteiger partial charge is 0.255 e. The van der Waals surface area contributed by atoms with Crippen molar-refractivity contribution in [1.82, 2.24) is 9.55 Å². The second-order valence-corrected chi connectivity index (χ2v) is 7.00. The van der Waals surface area contributed by atoms with Gasteiger partial charge in [-0.05, 0) is 49.2 Å². The third kappa shape index (κ3) is 4.27. The number of aromatic nitrogens is 2. The fourth-order valence-electron chi connectivity index (χ4n) is 3.00. The van der Waals surface area contributed by atoms with Gasteiger partial charge in [0.15, 0.2) is 17.3 Å². The number of methoxy groups -OCH3 is 2. The molecule has 1 saturated carbocycles. The van der Waals surface area contributed by atoms with Crippen LogP contribution in [0.4, 0.5) is 11.5 Å². The summed E-state index contributed by atoms with van der Waals surface area (Å²) in [4.78, 5) is 28.6. The Morgan fingerprint density at radius 1 is 1.00 bits per heavy atom. The fraction of sp³-hybridized carbons (Fsp3) is 0.227. The molecule has 30 heavy (non-hydrogen) atoms. The molecular formula is C22H22N4O4. The van der Waals surface area contributed by atoms with Gasteiger partial charge in [-0.2, -0.15) is 0 Å². The summed E-state index contributed by atoms with van der Waals surface area (Å²) in [7, 11) is 3.10. The molecule has 0 atom stereocenters. The topological polar surface area (TPSA) is 94.5 Å². The van der Waals surface area contributed by atoms with Crippen molar-refractivity contribution in [3.63, 3.8) is 0 Å². The Kier molecular flexibility index (Phi) is 5.38. The van der Waals surface area contributed by atoms with Crippen LogP contribution in [0.2, 0.25) is 0 Å². The van der Waals surface area contributed by atoms with E-state index in [0.717, 1.165) is 18.5 Å². The van der Waals surface area contributed by atoms with E-state index in [-0.39, 0.29) is 17.7 Å². The molecule has 1 fully saturated rings. The highest BCUT2D eigenvalue weighted by molar-refractivity contribution is 6.04. The number of nitrogens with zero attached hydrogens (tertiary/aromatic N) is 2. The first kappa shape index (κ1) is 19.5. The number of hydrogen-bond donors (Lipinski definition) is 2. The van der Waals surface area contributed by atoms with Crippen molar-refractivity contribution < 1.29 is 19.1 Å². The van der Waals surface area contributed by atoms with Gasteiger partial charge in [0.25, 0.3) is 5.91 Å². The molecule has 3 aromatic rings. The summed E-state index contributed by atoms with van der Waals surface area (Å²) in [5.74, 6) is 1.54. The number of rotatable bonds is 7. The Morgan fingerprint density at radius 2 is 1.73 bits per heavy atom. The lowest BCUT2D eigenvalue weighted by atomic mass is 10.2. The van der Waals surface area contributed by atoms with Crippen molar-refractivity contribution in [2.45, 2.75) is 12.8 Å². The number of benzene rings is 2. The largest absolute Gasteiger partial charge is 0.493 e. The minimum Gasteiger partial charge on any atom is -0.493 e. The van der Waals surface area contributed by atoms with Gasteiger partial charge in [-0.15, -0.1) is 0 Å². The molecule has 2 N–H and O–H groups in total. The number of carbonyl (C=O) groups is 2. The van der Waals surface area contributed by atoms with E-state index in [1.807, 2.05) is 12.1 Å². The van der Waals surface area contributed by atoms with Gasteiger partial charge < -0.3 is 24.7 Å². The van der Waals surface area contributed by atoms with Crippen LogP contribution in [0.15, 0.2) is 55.0 Å². The van der Waals surface area contributed by atoms with Crippen LogP contribution in [0, 0.1) is 5.92 Å². The third-order valence-electron chi connectivity index (χ3n) is 4.85. The van der Waals surface area contributed by atoms with Gasteiger partial charge in [-0.25, -0.2) is 4.98 Å². The molecule has 0 unspecified atom stereocenters. The summed E-state index contributed by atoms with van der Waals surface area (Å²) in [6, 6.07) is 12.3. The molecule has 154 valence electrons. The van der Waals surface area contributed by atoms with Crippen molar-refractivity contribution in [1.29, 1.82) is 0 Å². The van der Waals surface area contributed by atoms with Gasteiger partial charge >= 0.3 is 0 Å². The highest BCUT2D eigenvalue weighted by atomic mass is 16.5. The van der Waals surface area contributed by atoms with Gasteiger partial charge in [-0.1, -0.05) is 0 Å². The Balaban J connectivity index is 1.42. The molecule has 1 heterocycles. The van der Waals surface area contributed by atoms with E-state index in [1.165, 1.54) is 0 Å². The molecule has 0 aliphatic heterocycles. The summed E-state index contributed by atoms with van der Waals surface area (Å²) >= 11 is 0. The molecule has 2 amide bonds. The molecule has 8 nitrogen and oxygen atoms in total. The number of carbonyl (C=O) groups excluding carboxylic acids is 2. The first-order valence-electron chi connectivity index (χ1n) is 9.56. The highest BCUT2D eigenvalue weighted by Gasteiger charge is 2.29. The standard InChI is InChI=1S/C22H22N4O4/c1-29-18-10-7-16(11-19(18)30-2)24-21(27)15-5-8-17(9-6-15)26-12-20(23-13-26)25-22(28)14-3-4-14/h5-14H,3-4H2,1-2H3,(H,24,27)(H,25,28).